The van der Waals surface area contributed by atoms with E-state index in [1.807, 2.05) is 0 Å². The van der Waals surface area contributed by atoms with E-state index < -0.39 is 88.9 Å². The monoisotopic (exact) mass is 1380 g/mol. The Kier molecular flexibility index (Phi) is 24.5. The van der Waals surface area contributed by atoms with E-state index in [0.29, 0.717) is 37.3 Å². The number of rotatable bonds is 33. The van der Waals surface area contributed by atoms with Gasteiger partial charge in [0, 0.05) is 95.4 Å². The van der Waals surface area contributed by atoms with Crippen LogP contribution in [0.3, 0.4) is 0 Å². The molecule has 0 aliphatic carbocycles. The van der Waals surface area contributed by atoms with Crippen LogP contribution in [-0.2, 0) is 80.7 Å². The molecule has 3 fully saturated rings. The molecule has 5 aliphatic heterocycles. The van der Waals surface area contributed by atoms with Gasteiger partial charge >= 0.3 is 34.3 Å². The van der Waals surface area contributed by atoms with Crippen molar-refractivity contribution in [3.05, 3.63) is 123 Å². The van der Waals surface area contributed by atoms with E-state index in [1.54, 1.807) is 40.4 Å². The molecular formula is C66H73N7O24S. The highest BCUT2D eigenvalue weighted by atomic mass is 32.3. The third kappa shape index (κ3) is 18.9. The Hall–Kier alpha value is -10.1. The van der Waals surface area contributed by atoms with Crippen LogP contribution in [0.5, 0.6) is 40.2 Å². The number of benzene rings is 4. The molecule has 0 spiro atoms. The molecule has 32 heteroatoms. The highest BCUT2D eigenvalue weighted by Gasteiger charge is 2.54. The highest BCUT2D eigenvalue weighted by molar-refractivity contribution is 7.82. The van der Waals surface area contributed by atoms with Crippen LogP contribution in [0.25, 0.3) is 10.4 Å². The Labute approximate surface area is 563 Å². The molecule has 31 nitrogen and oxygen atoms in total. The molecule has 1 unspecified atom stereocenters. The average Bonchev–Trinajstić information content (AvgIpc) is 1.23. The molecule has 0 aromatic heterocycles. The molecule has 0 radical (unpaired) electrons. The van der Waals surface area contributed by atoms with Crippen LogP contribution in [0, 0.1) is 0 Å². The summed E-state index contributed by atoms with van der Waals surface area (Å²) < 4.78 is 116. The lowest BCUT2D eigenvalue weighted by Crippen LogP contribution is -2.63. The molecule has 5 heterocycles. The molecule has 3 saturated heterocycles. The summed E-state index contributed by atoms with van der Waals surface area (Å²) in [4.78, 5) is 107. The van der Waals surface area contributed by atoms with E-state index in [4.69, 9.17) is 75.5 Å². The first kappa shape index (κ1) is 72.2. The third-order valence-electron chi connectivity index (χ3n) is 15.4. The molecule has 4 aromatic rings. The molecule has 7 atom stereocenters. The van der Waals surface area contributed by atoms with Gasteiger partial charge in [-0.2, -0.15) is 0 Å². The Bertz CT molecular complexity index is 3820. The molecule has 0 N–H and O–H groups in total. The number of carbonyl (C=O) groups excluding carboxylic acids is 7. The van der Waals surface area contributed by atoms with Crippen LogP contribution in [0.4, 0.5) is 11.4 Å². The van der Waals surface area contributed by atoms with E-state index in [0.717, 1.165) is 51.0 Å². The summed E-state index contributed by atoms with van der Waals surface area (Å²) in [7, 11) is -2.59. The lowest BCUT2D eigenvalue weighted by atomic mass is 9.98. The van der Waals surface area contributed by atoms with Gasteiger partial charge in [-0.15, -0.1) is 8.42 Å². The van der Waals surface area contributed by atoms with Crippen LogP contribution < -0.4 is 32.1 Å². The lowest BCUT2D eigenvalue weighted by molar-refractivity contribution is -0.288. The third-order valence-corrected chi connectivity index (χ3v) is 16.2. The molecule has 98 heavy (non-hydrogen) atoms. The second kappa shape index (κ2) is 33.2. The van der Waals surface area contributed by atoms with Crippen LogP contribution in [0.15, 0.2) is 100 Å². The zero-order valence-electron chi connectivity index (χ0n) is 54.5. The number of aliphatic imine (C=N–C) groups is 2. The van der Waals surface area contributed by atoms with Crippen molar-refractivity contribution in [3.8, 4) is 40.2 Å². The number of nitrogens with zero attached hydrogens (tertiary/aromatic N) is 7. The van der Waals surface area contributed by atoms with Crippen LogP contribution >= 0.6 is 0 Å². The number of azide groups is 1. The van der Waals surface area contributed by atoms with Gasteiger partial charge in [-0.25, -0.2) is 0 Å². The fourth-order valence-corrected chi connectivity index (χ4v) is 11.9. The topological polar surface area (TPSA) is 372 Å². The van der Waals surface area contributed by atoms with Gasteiger partial charge in [0.15, 0.2) is 52.5 Å². The summed E-state index contributed by atoms with van der Waals surface area (Å²) in [5.41, 5.74) is 11.8. The second-order valence-corrected chi connectivity index (χ2v) is 24.0. The first-order chi connectivity index (χ1) is 47.0. The number of hydrogen-bond acceptors (Lipinski definition) is 27. The SMILES string of the molecule is C=C1C[C@H]2C=Nc3cc(OCc4cc(COc5cc6c(cc5OC)C(=O)N5CC(=C)C[C@H]5C=N6)cc(OS(=O)(=O)Oc5cc(C(=O)CCCOCCOCCOCCN=[N+]=[N-])ccc5OC5O[C@H](COC(C)=O)[C@H](OC(C)=O)[C@H](OC(C)=O)[C@H]5OC(C)=O)c4)c(OC)cc3C(=O)N2C1. The minimum atomic E-state index is -5.39. The summed E-state index contributed by atoms with van der Waals surface area (Å²) in [6, 6.07) is 13.3. The van der Waals surface area contributed by atoms with E-state index in [1.165, 1.54) is 44.6 Å². The summed E-state index contributed by atoms with van der Waals surface area (Å²) in [6.45, 7) is 13.2. The number of esters is 4. The predicted octanol–water partition coefficient (Wildman–Crippen LogP) is 7.32. The normalized spacial score (nSPS) is 19.9. The van der Waals surface area contributed by atoms with E-state index in [2.05, 4.69) is 33.2 Å². The van der Waals surface area contributed by atoms with Crippen LogP contribution in [-0.4, -0.2) is 195 Å². The first-order valence-electron chi connectivity index (χ1n) is 30.9. The molecule has 0 bridgehead atoms. The van der Waals surface area contributed by atoms with Gasteiger partial charge in [0.1, 0.15) is 31.7 Å². The maximum Gasteiger partial charge on any atom is 0.501 e. The van der Waals surface area contributed by atoms with E-state index in [-0.39, 0.29) is 153 Å². The smallest absolute Gasteiger partial charge is 0.493 e. The quantitative estimate of drug-likeness (QED) is 0.00658. The van der Waals surface area contributed by atoms with Crippen LogP contribution in [0.2, 0.25) is 0 Å². The Morgan fingerprint density at radius 1 is 0.633 bits per heavy atom. The molecule has 522 valence electrons. The molecule has 9 rings (SSSR count). The summed E-state index contributed by atoms with van der Waals surface area (Å²) in [6.07, 6.45) is -3.99. The predicted molar refractivity (Wildman–Crippen MR) is 344 cm³/mol. The number of ketones is 1. The minimum absolute atomic E-state index is 0.101. The zero-order chi connectivity index (χ0) is 70.2. The molecule has 5 aliphatic rings. The minimum Gasteiger partial charge on any atom is -0.493 e. The Morgan fingerprint density at radius 2 is 1.16 bits per heavy atom. The number of methoxy groups -OCH3 is 2. The molecule has 0 saturated carbocycles. The molecule has 2 amide bonds. The van der Waals surface area contributed by atoms with Gasteiger partial charge < -0.3 is 79.7 Å². The van der Waals surface area contributed by atoms with Gasteiger partial charge in [-0.3, -0.25) is 43.5 Å². The Morgan fingerprint density at radius 3 is 1.69 bits per heavy atom. The second-order valence-electron chi connectivity index (χ2n) is 22.8. The number of ether oxygens (including phenoxy) is 13. The number of fused-ring (bicyclic) bond motifs is 4. The first-order valence-corrected chi connectivity index (χ1v) is 32.2. The van der Waals surface area contributed by atoms with Crippen LogP contribution in [0.1, 0.15) is 95.6 Å². The number of amides is 2. The highest BCUT2D eigenvalue weighted by Crippen LogP contribution is 2.42. The van der Waals surface area contributed by atoms with Gasteiger partial charge in [0.05, 0.1) is 81.8 Å². The fourth-order valence-electron chi connectivity index (χ4n) is 11.1. The van der Waals surface area contributed by atoms with Crippen molar-refractivity contribution in [1.29, 1.82) is 0 Å². The van der Waals surface area contributed by atoms with E-state index in [9.17, 15) is 42.0 Å². The number of hydrogen-bond donors (Lipinski definition) is 0. The van der Waals surface area contributed by atoms with Gasteiger partial charge in [-0.1, -0.05) is 29.4 Å². The maximum absolute atomic E-state index is 14.7. The van der Waals surface area contributed by atoms with Crippen molar-refractivity contribution in [2.45, 2.75) is 109 Å². The maximum atomic E-state index is 14.7. The van der Waals surface area contributed by atoms with Crippen molar-refractivity contribution >= 4 is 75.7 Å². The van der Waals surface area contributed by atoms with Crippen molar-refractivity contribution in [2.24, 2.45) is 15.1 Å². The van der Waals surface area contributed by atoms with Gasteiger partial charge in [-0.05, 0) is 84.5 Å². The Balaban J connectivity index is 1.03. The average molecular weight is 1380 g/mol. The molecule has 4 aromatic carbocycles. The van der Waals surface area contributed by atoms with Crippen molar-refractivity contribution in [2.75, 3.05) is 80.1 Å². The lowest BCUT2D eigenvalue weighted by Gasteiger charge is -2.43. The largest absolute Gasteiger partial charge is 0.501 e. The number of Topliss-reactive ketones (excluding diaryl/α,β-unsaturated/α-hetero) is 1. The van der Waals surface area contributed by atoms with Gasteiger partial charge in [0.2, 0.25) is 12.4 Å². The summed E-state index contributed by atoms with van der Waals surface area (Å²) in [5, 5.41) is 3.39. The van der Waals surface area contributed by atoms with Crippen molar-refractivity contribution in [1.82, 2.24) is 9.80 Å². The number of carbonyl (C=O) groups is 7. The standard InChI is InChI=1S/C66H73N7O24S/c1-37-20-46-30-68-51-28-57(55(83-7)26-49(51)64(79)72(46)32-37)89-34-43-22-44(35-90-58-29-52-50(27-56(58)84-8)65(80)73-33-38(2)21-47(73)31-69-52)24-48(23-43)96-98(81,82)97-59-25-45(53(78)10-9-14-85-16-18-87-19-17-86-15-13-70-71-67)11-12-54(59)94-66-63(93-42(6)77)62(92-41(5)76)61(91-40(4)75)60(95-66)36-88-39(3)74/h11-12,22-31,46-47,60-63,66H,1-2,9-10,13-21,32-36H2,3-8H3/t46-,47-,60+,61-,62-,63+,66?/m0/s1. The molecular weight excluding hydrogens is 1310 g/mol. The summed E-state index contributed by atoms with van der Waals surface area (Å²) >= 11 is 0. The summed E-state index contributed by atoms with van der Waals surface area (Å²) in [5.74, 6) is -5.61. The van der Waals surface area contributed by atoms with E-state index >= 15 is 0 Å². The van der Waals surface area contributed by atoms with Crippen molar-refractivity contribution in [3.63, 3.8) is 0 Å². The van der Waals surface area contributed by atoms with Crippen molar-refractivity contribution < 1.29 is 112 Å². The van der Waals surface area contributed by atoms with Gasteiger partial charge in [0.25, 0.3) is 11.8 Å². The fraction of sp³-hybridized carbons (Fsp3) is 0.439. The zero-order valence-corrected chi connectivity index (χ0v) is 55.4.